The second-order valence-electron chi connectivity index (χ2n) is 13.3. The fourth-order valence-corrected chi connectivity index (χ4v) is 7.48. The molecule has 0 radical (unpaired) electrons. The van der Waals surface area contributed by atoms with Crippen molar-refractivity contribution >= 4 is 32.6 Å². The third-order valence-electron chi connectivity index (χ3n) is 8.52. The number of hydrogen-bond donors (Lipinski definition) is 2. The van der Waals surface area contributed by atoms with Crippen molar-refractivity contribution in [1.82, 2.24) is 9.55 Å². The van der Waals surface area contributed by atoms with E-state index in [2.05, 4.69) is 59.6 Å². The van der Waals surface area contributed by atoms with E-state index in [4.69, 9.17) is 29.2 Å². The number of aryl methyl sites for hydroxylation is 1. The summed E-state index contributed by atoms with van der Waals surface area (Å²) in [6.07, 6.45) is -1.65. The van der Waals surface area contributed by atoms with Gasteiger partial charge < -0.3 is 25.1 Å². The summed E-state index contributed by atoms with van der Waals surface area (Å²) in [5.74, 6) is 0.0951. The highest BCUT2D eigenvalue weighted by molar-refractivity contribution is 7.90. The lowest BCUT2D eigenvalue weighted by Crippen LogP contribution is -2.59. The van der Waals surface area contributed by atoms with Crippen LogP contribution in [0.4, 0.5) is 5.82 Å². The third-order valence-corrected chi connectivity index (χ3v) is 18.5. The van der Waals surface area contributed by atoms with E-state index in [0.717, 1.165) is 5.41 Å². The van der Waals surface area contributed by atoms with Crippen LogP contribution in [-0.4, -0.2) is 59.0 Å². The molecule has 38 heavy (non-hydrogen) atoms. The van der Waals surface area contributed by atoms with Crippen molar-refractivity contribution in [1.29, 1.82) is 0 Å². The molecule has 0 aromatic carbocycles. The minimum atomic E-state index is -4.16. The fraction of sp³-hybridized carbons (Fsp3) is 0.750. The van der Waals surface area contributed by atoms with Crippen LogP contribution in [0.1, 0.15) is 53.3 Å². The molecule has 2 aliphatic heterocycles. The van der Waals surface area contributed by atoms with Crippen LogP contribution in [0.5, 0.6) is 0 Å². The van der Waals surface area contributed by atoms with Crippen molar-refractivity contribution in [2.75, 3.05) is 12.3 Å². The molecule has 0 aliphatic carbocycles. The first-order valence-electron chi connectivity index (χ1n) is 12.7. The van der Waals surface area contributed by atoms with Crippen LogP contribution in [-0.2, 0) is 27.9 Å². The summed E-state index contributed by atoms with van der Waals surface area (Å²) in [6.45, 7) is 22.4. The molecule has 1 aromatic rings. The topological polar surface area (TPSA) is 158 Å². The van der Waals surface area contributed by atoms with E-state index >= 15 is 0 Å². The van der Waals surface area contributed by atoms with E-state index in [1.165, 1.54) is 10.8 Å². The maximum absolute atomic E-state index is 13.1. The van der Waals surface area contributed by atoms with E-state index < -0.39 is 56.5 Å². The number of rotatable bonds is 6. The molecule has 4 N–H and O–H groups in total. The SMILES string of the molecule is Cc1cn([C@@H]2OC(CO[Si](C)(C)C(C)(C)C)C3(OS(=O)(=O)C=C3N)[C@H]2O[Si](C)(C)C(C)(C)C)c(=O)nc1N. The summed E-state index contributed by atoms with van der Waals surface area (Å²) >= 11 is 0. The fourth-order valence-electron chi connectivity index (χ4n) is 3.98. The Bertz CT molecular complexity index is 1280. The van der Waals surface area contributed by atoms with Crippen molar-refractivity contribution in [3.05, 3.63) is 33.3 Å². The summed E-state index contributed by atoms with van der Waals surface area (Å²) in [7, 11) is -9.06. The lowest BCUT2D eigenvalue weighted by molar-refractivity contribution is -0.0562. The molecule has 0 saturated carbocycles. The van der Waals surface area contributed by atoms with Crippen LogP contribution in [0.3, 0.4) is 0 Å². The van der Waals surface area contributed by atoms with E-state index in [0.29, 0.717) is 5.56 Å². The Kier molecular flexibility index (Phi) is 7.76. The quantitative estimate of drug-likeness (QED) is 0.373. The summed E-state index contributed by atoms with van der Waals surface area (Å²) in [6, 6.07) is 0. The first kappa shape index (κ1) is 31.0. The summed E-state index contributed by atoms with van der Waals surface area (Å²) in [5, 5.41) is 0.522. The Labute approximate surface area is 228 Å². The Morgan fingerprint density at radius 3 is 2.11 bits per heavy atom. The first-order chi connectivity index (χ1) is 17.0. The van der Waals surface area contributed by atoms with Gasteiger partial charge in [0.05, 0.1) is 17.7 Å². The second-order valence-corrected chi connectivity index (χ2v) is 24.3. The highest BCUT2D eigenvalue weighted by Gasteiger charge is 2.67. The van der Waals surface area contributed by atoms with Gasteiger partial charge in [-0.05, 0) is 43.2 Å². The van der Waals surface area contributed by atoms with E-state index in [1.54, 1.807) is 6.92 Å². The molecular weight excluding hydrogens is 545 g/mol. The Morgan fingerprint density at radius 1 is 1.08 bits per heavy atom. The lowest BCUT2D eigenvalue weighted by Gasteiger charge is -2.43. The zero-order valence-corrected chi connectivity index (χ0v) is 27.2. The number of ether oxygens (including phenoxy) is 1. The summed E-state index contributed by atoms with van der Waals surface area (Å²) in [4.78, 5) is 17.0. The second kappa shape index (κ2) is 9.52. The molecule has 0 bridgehead atoms. The smallest absolute Gasteiger partial charge is 0.351 e. The maximum Gasteiger partial charge on any atom is 0.351 e. The van der Waals surface area contributed by atoms with Gasteiger partial charge in [0.25, 0.3) is 10.1 Å². The number of nitrogen functional groups attached to an aromatic ring is 1. The zero-order chi connectivity index (χ0) is 29.3. The molecule has 1 spiro atoms. The highest BCUT2D eigenvalue weighted by atomic mass is 32.2. The molecule has 1 aromatic heterocycles. The van der Waals surface area contributed by atoms with Crippen LogP contribution in [0.25, 0.3) is 0 Å². The molecule has 4 atom stereocenters. The average Bonchev–Trinajstić information content (AvgIpc) is 3.14. The number of hydrogen-bond acceptors (Lipinski definition) is 10. The van der Waals surface area contributed by atoms with Crippen LogP contribution in [0, 0.1) is 6.92 Å². The van der Waals surface area contributed by atoms with Gasteiger partial charge >= 0.3 is 5.69 Å². The third kappa shape index (κ3) is 5.40. The predicted molar refractivity (Wildman–Crippen MR) is 152 cm³/mol. The monoisotopic (exact) mass is 588 g/mol. The van der Waals surface area contributed by atoms with Crippen molar-refractivity contribution < 1.29 is 26.2 Å². The number of anilines is 1. The highest BCUT2D eigenvalue weighted by Crippen LogP contribution is 2.52. The molecule has 3 heterocycles. The van der Waals surface area contributed by atoms with Crippen molar-refractivity contribution in [3.8, 4) is 0 Å². The molecule has 11 nitrogen and oxygen atoms in total. The number of nitrogens with two attached hydrogens (primary N) is 2. The minimum Gasteiger partial charge on any atom is -0.414 e. The lowest BCUT2D eigenvalue weighted by atomic mass is 9.89. The molecule has 1 saturated heterocycles. The van der Waals surface area contributed by atoms with Crippen molar-refractivity contribution in [3.63, 3.8) is 0 Å². The van der Waals surface area contributed by atoms with Crippen molar-refractivity contribution in [2.45, 2.75) is 109 Å². The number of nitrogens with zero attached hydrogens (tertiary/aromatic N) is 2. The summed E-state index contributed by atoms with van der Waals surface area (Å²) in [5.41, 5.74) is 10.4. The standard InChI is InChI=1S/C24H44N4O7SSi2/c1-15-12-28(21(29)27-19(15)26)20-18(34-38(10,11)23(5,6)7)24(16(25)14-36(30,31)35-24)17(33-20)13-32-37(8,9)22(2,3)4/h12,14,17-18,20H,13,25H2,1-11H3,(H2,26,27,29)/t17?,18-,20+,24?/m0/s1. The molecule has 14 heteroatoms. The van der Waals surface area contributed by atoms with Crippen LogP contribution in [0.2, 0.25) is 36.3 Å². The first-order valence-corrected chi connectivity index (χ1v) is 20.0. The minimum absolute atomic E-state index is 0.00938. The largest absolute Gasteiger partial charge is 0.414 e. The van der Waals surface area contributed by atoms with E-state index in [-0.39, 0.29) is 28.2 Å². The van der Waals surface area contributed by atoms with Gasteiger partial charge in [-0.3, -0.25) is 4.57 Å². The van der Waals surface area contributed by atoms with Gasteiger partial charge in [0.2, 0.25) is 0 Å². The van der Waals surface area contributed by atoms with Gasteiger partial charge in [-0.25, -0.2) is 8.98 Å². The molecule has 1 fully saturated rings. The molecule has 2 unspecified atom stereocenters. The van der Waals surface area contributed by atoms with Crippen LogP contribution in [0.15, 0.2) is 22.1 Å². The molecular formula is C24H44N4O7SSi2. The average molecular weight is 589 g/mol. The van der Waals surface area contributed by atoms with Crippen LogP contribution >= 0.6 is 0 Å². The Balaban J connectivity index is 2.23. The normalized spacial score (nSPS) is 28.2. The van der Waals surface area contributed by atoms with Gasteiger partial charge in [0.15, 0.2) is 28.5 Å². The van der Waals surface area contributed by atoms with Gasteiger partial charge in [-0.2, -0.15) is 13.4 Å². The molecule has 3 rings (SSSR count). The van der Waals surface area contributed by atoms with Gasteiger partial charge in [-0.1, -0.05) is 41.5 Å². The molecule has 0 amide bonds. The Hall–Kier alpha value is -1.56. The molecule has 2 aliphatic rings. The van der Waals surface area contributed by atoms with Gasteiger partial charge in [0.1, 0.15) is 18.0 Å². The predicted octanol–water partition coefficient (Wildman–Crippen LogP) is 3.34. The van der Waals surface area contributed by atoms with E-state index in [1.807, 2.05) is 13.1 Å². The van der Waals surface area contributed by atoms with E-state index in [9.17, 15) is 13.2 Å². The Morgan fingerprint density at radius 2 is 1.63 bits per heavy atom. The summed E-state index contributed by atoms with van der Waals surface area (Å²) < 4.78 is 52.5. The zero-order valence-electron chi connectivity index (χ0n) is 24.4. The molecule has 216 valence electrons. The van der Waals surface area contributed by atoms with Crippen LogP contribution < -0.4 is 17.2 Å². The van der Waals surface area contributed by atoms with Gasteiger partial charge in [-0.15, -0.1) is 0 Å². The maximum atomic E-state index is 13.1. The van der Waals surface area contributed by atoms with Crippen molar-refractivity contribution in [2.24, 2.45) is 5.73 Å². The number of aromatic nitrogens is 2. The van der Waals surface area contributed by atoms with Gasteiger partial charge in [0, 0.05) is 11.8 Å².